The predicted octanol–water partition coefficient (Wildman–Crippen LogP) is -0.271. The highest BCUT2D eigenvalue weighted by atomic mass is 16.3. The van der Waals surface area contributed by atoms with Crippen molar-refractivity contribution in [2.45, 2.75) is 24.9 Å². The SMILES string of the molecule is OC[C@@H]1C[C@H]2C[C@H]2N1. The Balaban J connectivity index is 1.89. The van der Waals surface area contributed by atoms with Gasteiger partial charge in [-0.3, -0.25) is 0 Å². The van der Waals surface area contributed by atoms with Crippen LogP contribution in [-0.4, -0.2) is 23.8 Å². The van der Waals surface area contributed by atoms with E-state index in [2.05, 4.69) is 5.32 Å². The summed E-state index contributed by atoms with van der Waals surface area (Å²) in [5.74, 6) is 0.923. The molecular formula is C6H11NO. The summed E-state index contributed by atoms with van der Waals surface area (Å²) in [5.41, 5.74) is 0. The van der Waals surface area contributed by atoms with Crippen LogP contribution in [-0.2, 0) is 0 Å². The summed E-state index contributed by atoms with van der Waals surface area (Å²) in [6, 6.07) is 1.21. The zero-order valence-electron chi connectivity index (χ0n) is 4.80. The number of aliphatic hydroxyl groups is 1. The first-order valence-electron chi connectivity index (χ1n) is 3.27. The molecule has 0 unspecified atom stereocenters. The molecule has 1 heterocycles. The van der Waals surface area contributed by atoms with Crippen LogP contribution in [0.1, 0.15) is 12.8 Å². The standard InChI is InChI=1S/C6H11NO/c8-3-5-1-4-2-6(4)7-5/h4-8H,1-3H2/t4-,5-,6+/m0/s1. The van der Waals surface area contributed by atoms with Crippen molar-refractivity contribution < 1.29 is 5.11 Å². The Labute approximate surface area is 48.9 Å². The number of hydrogen-bond acceptors (Lipinski definition) is 2. The molecule has 2 aliphatic rings. The maximum atomic E-state index is 8.64. The molecular weight excluding hydrogens is 102 g/mol. The fourth-order valence-electron chi connectivity index (χ4n) is 1.58. The Morgan fingerprint density at radius 3 is 2.75 bits per heavy atom. The van der Waals surface area contributed by atoms with E-state index in [1.807, 2.05) is 0 Å². The smallest absolute Gasteiger partial charge is 0.0584 e. The molecule has 0 amide bonds. The van der Waals surface area contributed by atoms with Crippen molar-refractivity contribution in [1.29, 1.82) is 0 Å². The Morgan fingerprint density at radius 2 is 2.38 bits per heavy atom. The number of rotatable bonds is 1. The topological polar surface area (TPSA) is 32.3 Å². The van der Waals surface area contributed by atoms with Crippen molar-refractivity contribution in [3.8, 4) is 0 Å². The lowest BCUT2D eigenvalue weighted by molar-refractivity contribution is 0.246. The molecule has 0 spiro atoms. The first kappa shape index (κ1) is 4.77. The van der Waals surface area contributed by atoms with Crippen LogP contribution in [0.2, 0.25) is 0 Å². The molecule has 0 aromatic heterocycles. The van der Waals surface area contributed by atoms with E-state index in [1.165, 1.54) is 12.8 Å². The summed E-state index contributed by atoms with van der Waals surface area (Å²) in [6.07, 6.45) is 2.57. The van der Waals surface area contributed by atoms with Gasteiger partial charge in [0.25, 0.3) is 0 Å². The molecule has 2 nitrogen and oxygen atoms in total. The lowest BCUT2D eigenvalue weighted by Crippen LogP contribution is -2.28. The molecule has 1 aliphatic heterocycles. The molecule has 2 heteroatoms. The van der Waals surface area contributed by atoms with Gasteiger partial charge >= 0.3 is 0 Å². The summed E-state index contributed by atoms with van der Waals surface area (Å²) in [5, 5.41) is 12.0. The van der Waals surface area contributed by atoms with Crippen LogP contribution in [0.4, 0.5) is 0 Å². The summed E-state index contributed by atoms with van der Waals surface area (Å²) < 4.78 is 0. The predicted molar refractivity (Wildman–Crippen MR) is 30.5 cm³/mol. The second-order valence-corrected chi connectivity index (χ2v) is 2.88. The van der Waals surface area contributed by atoms with E-state index in [4.69, 9.17) is 5.11 Å². The first-order chi connectivity index (χ1) is 3.90. The maximum absolute atomic E-state index is 8.64. The van der Waals surface area contributed by atoms with Crippen LogP contribution in [0.25, 0.3) is 0 Å². The van der Waals surface area contributed by atoms with Crippen LogP contribution in [0, 0.1) is 5.92 Å². The number of fused-ring (bicyclic) bond motifs is 1. The van der Waals surface area contributed by atoms with Crippen molar-refractivity contribution in [2.75, 3.05) is 6.61 Å². The van der Waals surface area contributed by atoms with Gasteiger partial charge in [0.2, 0.25) is 0 Å². The molecule has 0 bridgehead atoms. The Bertz CT molecular complexity index is 94.7. The number of aliphatic hydroxyl groups excluding tert-OH is 1. The Morgan fingerprint density at radius 1 is 1.50 bits per heavy atom. The van der Waals surface area contributed by atoms with E-state index >= 15 is 0 Å². The normalized spacial score (nSPS) is 51.4. The molecule has 2 fully saturated rings. The molecule has 2 N–H and O–H groups in total. The largest absolute Gasteiger partial charge is 0.395 e. The molecule has 46 valence electrons. The summed E-state index contributed by atoms with van der Waals surface area (Å²) >= 11 is 0. The minimum atomic E-state index is 0.326. The van der Waals surface area contributed by atoms with E-state index in [0.717, 1.165) is 12.0 Å². The van der Waals surface area contributed by atoms with Crippen LogP contribution in [0.15, 0.2) is 0 Å². The average Bonchev–Trinajstić information content (AvgIpc) is 2.40. The third-order valence-electron chi connectivity index (χ3n) is 2.18. The quantitative estimate of drug-likeness (QED) is 0.490. The summed E-state index contributed by atoms with van der Waals surface area (Å²) in [7, 11) is 0. The molecule has 1 saturated carbocycles. The monoisotopic (exact) mass is 113 g/mol. The van der Waals surface area contributed by atoms with Crippen LogP contribution in [0.3, 0.4) is 0 Å². The minimum absolute atomic E-state index is 0.326. The van der Waals surface area contributed by atoms with Gasteiger partial charge in [-0.1, -0.05) is 0 Å². The van der Waals surface area contributed by atoms with Crippen molar-refractivity contribution in [3.63, 3.8) is 0 Å². The molecule has 0 aromatic carbocycles. The minimum Gasteiger partial charge on any atom is -0.395 e. The van der Waals surface area contributed by atoms with Crippen LogP contribution >= 0.6 is 0 Å². The van der Waals surface area contributed by atoms with E-state index in [9.17, 15) is 0 Å². The van der Waals surface area contributed by atoms with Gasteiger partial charge < -0.3 is 10.4 Å². The van der Waals surface area contributed by atoms with Gasteiger partial charge in [0.05, 0.1) is 6.61 Å². The van der Waals surface area contributed by atoms with Gasteiger partial charge in [0, 0.05) is 12.1 Å². The lowest BCUT2D eigenvalue weighted by atomic mass is 10.2. The zero-order chi connectivity index (χ0) is 5.56. The number of piperidine rings is 1. The molecule has 2 rings (SSSR count). The molecule has 0 radical (unpaired) electrons. The third kappa shape index (κ3) is 0.565. The summed E-state index contributed by atoms with van der Waals surface area (Å²) in [6.45, 7) is 0.326. The highest BCUT2D eigenvalue weighted by molar-refractivity contribution is 5.02. The van der Waals surface area contributed by atoms with Crippen molar-refractivity contribution in [1.82, 2.24) is 5.32 Å². The maximum Gasteiger partial charge on any atom is 0.0584 e. The van der Waals surface area contributed by atoms with E-state index in [-0.39, 0.29) is 0 Å². The van der Waals surface area contributed by atoms with Gasteiger partial charge in [-0.2, -0.15) is 0 Å². The highest BCUT2D eigenvalue weighted by Gasteiger charge is 2.45. The van der Waals surface area contributed by atoms with E-state index in [0.29, 0.717) is 12.6 Å². The van der Waals surface area contributed by atoms with Gasteiger partial charge in [-0.15, -0.1) is 0 Å². The number of nitrogens with one attached hydrogen (secondary N) is 1. The Kier molecular flexibility index (Phi) is 0.866. The second-order valence-electron chi connectivity index (χ2n) is 2.88. The Hall–Kier alpha value is -0.0800. The first-order valence-corrected chi connectivity index (χ1v) is 3.27. The zero-order valence-corrected chi connectivity index (χ0v) is 4.80. The molecule has 1 saturated heterocycles. The fraction of sp³-hybridized carbons (Fsp3) is 1.00. The van der Waals surface area contributed by atoms with Gasteiger partial charge in [-0.05, 0) is 18.8 Å². The summed E-state index contributed by atoms with van der Waals surface area (Å²) in [4.78, 5) is 0. The molecule has 3 atom stereocenters. The molecule has 0 aromatic rings. The van der Waals surface area contributed by atoms with Gasteiger partial charge in [-0.25, -0.2) is 0 Å². The van der Waals surface area contributed by atoms with Gasteiger partial charge in [0.15, 0.2) is 0 Å². The van der Waals surface area contributed by atoms with E-state index < -0.39 is 0 Å². The average molecular weight is 113 g/mol. The molecule has 1 aliphatic carbocycles. The number of hydrogen-bond donors (Lipinski definition) is 2. The van der Waals surface area contributed by atoms with Crippen molar-refractivity contribution in [3.05, 3.63) is 0 Å². The van der Waals surface area contributed by atoms with Crippen molar-refractivity contribution in [2.24, 2.45) is 5.92 Å². The van der Waals surface area contributed by atoms with Crippen LogP contribution < -0.4 is 5.32 Å². The van der Waals surface area contributed by atoms with E-state index in [1.54, 1.807) is 0 Å². The fourth-order valence-corrected chi connectivity index (χ4v) is 1.58. The lowest BCUT2D eigenvalue weighted by Gasteiger charge is -2.06. The second kappa shape index (κ2) is 1.45. The molecule has 8 heavy (non-hydrogen) atoms. The van der Waals surface area contributed by atoms with Crippen LogP contribution in [0.5, 0.6) is 0 Å². The highest BCUT2D eigenvalue weighted by Crippen LogP contribution is 2.40. The van der Waals surface area contributed by atoms with Gasteiger partial charge in [0.1, 0.15) is 0 Å². The van der Waals surface area contributed by atoms with Crippen molar-refractivity contribution >= 4 is 0 Å². The third-order valence-corrected chi connectivity index (χ3v) is 2.18.